The number of hydrogen-bond acceptors (Lipinski definition) is 6. The molecule has 1 aliphatic heterocycles. The Kier molecular flexibility index (Phi) is 9.04. The van der Waals surface area contributed by atoms with Crippen LogP contribution < -0.4 is 5.32 Å². The molecule has 2 heterocycles. The molecule has 0 radical (unpaired) electrons. The molecule has 1 N–H and O–H groups in total. The summed E-state index contributed by atoms with van der Waals surface area (Å²) in [6.07, 6.45) is 1.59. The number of benzene rings is 3. The first kappa shape index (κ1) is 29.5. The molecular weight excluding hydrogens is 570 g/mol. The third-order valence-electron chi connectivity index (χ3n) is 7.43. The van der Waals surface area contributed by atoms with E-state index >= 15 is 0 Å². The fraction of sp³-hybridized carbons (Fsp3) is 0.273. The summed E-state index contributed by atoms with van der Waals surface area (Å²) in [6.45, 7) is 5.25. The summed E-state index contributed by atoms with van der Waals surface area (Å²) in [7, 11) is 1.36. The maximum atomic E-state index is 13.5. The maximum Gasteiger partial charge on any atom is 0.337 e. The molecule has 3 aromatic carbocycles. The molecule has 0 aliphatic carbocycles. The van der Waals surface area contributed by atoms with Crippen molar-refractivity contribution >= 4 is 46.4 Å². The van der Waals surface area contributed by atoms with Gasteiger partial charge >= 0.3 is 5.97 Å². The smallest absolute Gasteiger partial charge is 0.337 e. The van der Waals surface area contributed by atoms with Gasteiger partial charge in [-0.25, -0.2) is 9.78 Å². The number of anilines is 1. The Morgan fingerprint density at radius 2 is 1.69 bits per heavy atom. The van der Waals surface area contributed by atoms with Crippen molar-refractivity contribution in [1.29, 1.82) is 0 Å². The molecule has 0 bridgehead atoms. The van der Waals surface area contributed by atoms with Gasteiger partial charge in [0.05, 0.1) is 33.1 Å². The topological polar surface area (TPSA) is 88.6 Å². The lowest BCUT2D eigenvalue weighted by molar-refractivity contribution is 0.0599. The number of thiazole rings is 1. The zero-order valence-electron chi connectivity index (χ0n) is 23.7. The SMILES string of the molecule is COC(=O)c1ccc(C2CCN(C(=O)c3cc(NC(=O)c4nc(C(C)C)sc4-c4ccccc4)ccc3Cl)CC2)cc1. The van der Waals surface area contributed by atoms with Gasteiger partial charge in [-0.15, -0.1) is 11.3 Å². The molecule has 1 aromatic heterocycles. The average molecular weight is 602 g/mol. The lowest BCUT2D eigenvalue weighted by atomic mass is 9.88. The van der Waals surface area contributed by atoms with E-state index in [0.29, 0.717) is 40.6 Å². The molecule has 0 atom stereocenters. The highest BCUT2D eigenvalue weighted by Crippen LogP contribution is 2.35. The van der Waals surface area contributed by atoms with Crippen LogP contribution in [0.3, 0.4) is 0 Å². The Labute approximate surface area is 254 Å². The molecule has 7 nitrogen and oxygen atoms in total. The molecule has 5 rings (SSSR count). The first-order valence-corrected chi connectivity index (χ1v) is 15.1. The summed E-state index contributed by atoms with van der Waals surface area (Å²) in [5.74, 6) is -0.398. The molecule has 1 aliphatic rings. The van der Waals surface area contributed by atoms with Gasteiger partial charge in [-0.1, -0.05) is 67.9 Å². The molecule has 2 amide bonds. The van der Waals surface area contributed by atoms with Crippen molar-refractivity contribution in [3.63, 3.8) is 0 Å². The van der Waals surface area contributed by atoms with Crippen LogP contribution in [0.15, 0.2) is 72.8 Å². The van der Waals surface area contributed by atoms with Gasteiger partial charge in [-0.2, -0.15) is 0 Å². The quantitative estimate of drug-likeness (QED) is 0.220. The second kappa shape index (κ2) is 12.9. The molecule has 0 spiro atoms. The minimum Gasteiger partial charge on any atom is -0.465 e. The number of esters is 1. The second-order valence-electron chi connectivity index (χ2n) is 10.6. The minimum absolute atomic E-state index is 0.170. The van der Waals surface area contributed by atoms with Crippen LogP contribution in [-0.2, 0) is 4.74 Å². The number of methoxy groups -OCH3 is 1. The number of halogens is 1. The van der Waals surface area contributed by atoms with Crippen LogP contribution in [0.5, 0.6) is 0 Å². The van der Waals surface area contributed by atoms with Gasteiger partial charge in [-0.3, -0.25) is 9.59 Å². The summed E-state index contributed by atoms with van der Waals surface area (Å²) in [6, 6.07) is 22.2. The number of amides is 2. The van der Waals surface area contributed by atoms with Crippen LogP contribution in [0, 0.1) is 0 Å². The number of likely N-dealkylation sites (tertiary alicyclic amines) is 1. The predicted molar refractivity (Wildman–Crippen MR) is 167 cm³/mol. The van der Waals surface area contributed by atoms with Crippen LogP contribution in [0.1, 0.15) is 80.3 Å². The molecule has 0 saturated carbocycles. The van der Waals surface area contributed by atoms with Gasteiger partial charge < -0.3 is 15.0 Å². The van der Waals surface area contributed by atoms with Gasteiger partial charge in [0, 0.05) is 24.7 Å². The van der Waals surface area contributed by atoms with Crippen molar-refractivity contribution in [2.24, 2.45) is 0 Å². The maximum absolute atomic E-state index is 13.5. The fourth-order valence-corrected chi connectivity index (χ4v) is 6.34. The number of piperidine rings is 1. The number of carbonyl (C=O) groups is 3. The largest absolute Gasteiger partial charge is 0.465 e. The van der Waals surface area contributed by atoms with E-state index in [0.717, 1.165) is 33.9 Å². The van der Waals surface area contributed by atoms with E-state index in [1.165, 1.54) is 18.4 Å². The molecule has 42 heavy (non-hydrogen) atoms. The Morgan fingerprint density at radius 3 is 2.33 bits per heavy atom. The van der Waals surface area contributed by atoms with E-state index in [1.54, 1.807) is 35.2 Å². The highest BCUT2D eigenvalue weighted by molar-refractivity contribution is 7.15. The standard InChI is InChI=1S/C33H32ClN3O4S/c1-20(2)31-36-28(29(42-31)23-7-5-4-6-8-23)30(38)35-25-13-14-27(34)26(19-25)32(39)37-17-15-22(16-18-37)21-9-11-24(12-10-21)33(40)41-3/h4-14,19-20,22H,15-18H2,1-3H3,(H,35,38). The van der Waals surface area contributed by atoms with Crippen molar-refractivity contribution in [3.05, 3.63) is 105 Å². The van der Waals surface area contributed by atoms with E-state index < -0.39 is 0 Å². The number of rotatable bonds is 7. The highest BCUT2D eigenvalue weighted by Gasteiger charge is 2.27. The highest BCUT2D eigenvalue weighted by atomic mass is 35.5. The number of ether oxygens (including phenoxy) is 1. The van der Waals surface area contributed by atoms with Crippen molar-refractivity contribution in [1.82, 2.24) is 9.88 Å². The summed E-state index contributed by atoms with van der Waals surface area (Å²) in [5, 5.41) is 4.15. The number of nitrogens with one attached hydrogen (secondary N) is 1. The molecular formula is C33H32ClN3O4S. The molecule has 0 unspecified atom stereocenters. The summed E-state index contributed by atoms with van der Waals surface area (Å²) >= 11 is 7.99. The van der Waals surface area contributed by atoms with E-state index in [2.05, 4.69) is 24.1 Å². The van der Waals surface area contributed by atoms with Gasteiger partial charge in [0.25, 0.3) is 11.8 Å². The fourth-order valence-electron chi connectivity index (χ4n) is 5.08. The summed E-state index contributed by atoms with van der Waals surface area (Å²) < 4.78 is 4.78. The summed E-state index contributed by atoms with van der Waals surface area (Å²) in [4.78, 5) is 46.0. The predicted octanol–water partition coefficient (Wildman–Crippen LogP) is 7.65. The molecule has 9 heteroatoms. The van der Waals surface area contributed by atoms with E-state index in [9.17, 15) is 14.4 Å². The van der Waals surface area contributed by atoms with Crippen molar-refractivity contribution in [2.75, 3.05) is 25.5 Å². The van der Waals surface area contributed by atoms with Crippen molar-refractivity contribution < 1.29 is 19.1 Å². The van der Waals surface area contributed by atoms with Gasteiger partial charge in [0.1, 0.15) is 5.69 Å². The number of carbonyl (C=O) groups excluding carboxylic acids is 3. The lowest BCUT2D eigenvalue weighted by Crippen LogP contribution is -2.38. The monoisotopic (exact) mass is 601 g/mol. The third kappa shape index (κ3) is 6.40. The Hall–Kier alpha value is -4.01. The third-order valence-corrected chi connectivity index (χ3v) is 9.16. The van der Waals surface area contributed by atoms with Crippen molar-refractivity contribution in [2.45, 2.75) is 38.5 Å². The van der Waals surface area contributed by atoms with E-state index in [1.807, 2.05) is 42.5 Å². The zero-order chi connectivity index (χ0) is 29.8. The van der Waals surface area contributed by atoms with Crippen LogP contribution in [-0.4, -0.2) is 47.9 Å². The normalized spacial score (nSPS) is 13.7. The zero-order valence-corrected chi connectivity index (χ0v) is 25.3. The Morgan fingerprint density at radius 1 is 1.00 bits per heavy atom. The Balaban J connectivity index is 1.28. The summed E-state index contributed by atoms with van der Waals surface area (Å²) in [5.41, 5.74) is 3.77. The first-order valence-electron chi connectivity index (χ1n) is 13.9. The minimum atomic E-state index is -0.360. The number of hydrogen-bond donors (Lipinski definition) is 1. The van der Waals surface area contributed by atoms with Gasteiger partial charge in [0.2, 0.25) is 0 Å². The second-order valence-corrected chi connectivity index (χ2v) is 12.0. The van der Waals surface area contributed by atoms with Crippen LogP contribution in [0.4, 0.5) is 5.69 Å². The average Bonchev–Trinajstić information content (AvgIpc) is 3.48. The first-order chi connectivity index (χ1) is 20.2. The van der Waals surface area contributed by atoms with Crippen LogP contribution >= 0.6 is 22.9 Å². The van der Waals surface area contributed by atoms with E-state index in [-0.39, 0.29) is 29.6 Å². The molecule has 216 valence electrons. The van der Waals surface area contributed by atoms with Crippen LogP contribution in [0.25, 0.3) is 10.4 Å². The molecule has 1 saturated heterocycles. The van der Waals surface area contributed by atoms with Crippen LogP contribution in [0.2, 0.25) is 5.02 Å². The van der Waals surface area contributed by atoms with E-state index in [4.69, 9.17) is 16.3 Å². The molecule has 4 aromatic rings. The van der Waals surface area contributed by atoms with Gasteiger partial charge in [-0.05, 0) is 60.2 Å². The molecule has 1 fully saturated rings. The lowest BCUT2D eigenvalue weighted by Gasteiger charge is -2.32. The van der Waals surface area contributed by atoms with Crippen molar-refractivity contribution in [3.8, 4) is 10.4 Å². The van der Waals surface area contributed by atoms with Gasteiger partial charge in [0.15, 0.2) is 0 Å². The Bertz CT molecular complexity index is 1590. The number of aromatic nitrogens is 1. The number of nitrogens with zero attached hydrogens (tertiary/aromatic N) is 2.